The summed E-state index contributed by atoms with van der Waals surface area (Å²) >= 11 is 1.21. The molecule has 0 radical (unpaired) electrons. The second-order valence-corrected chi connectivity index (χ2v) is 4.13. The number of halogens is 1. The van der Waals surface area contributed by atoms with E-state index in [4.69, 9.17) is 5.11 Å². The molecule has 0 amide bonds. The van der Waals surface area contributed by atoms with Gasteiger partial charge in [0.15, 0.2) is 0 Å². The van der Waals surface area contributed by atoms with Gasteiger partial charge >= 0.3 is 5.97 Å². The molecule has 0 fully saturated rings. The molecule has 0 aliphatic carbocycles. The standard InChI is InChI=1S/C10H12FNO2S/c11-5-4-9(10(13)14)15-7-8-3-1-2-6-12-8/h1-3,6,9H,4-5,7H2,(H,13,14). The molecule has 0 saturated heterocycles. The molecule has 1 rings (SSSR count). The summed E-state index contributed by atoms with van der Waals surface area (Å²) in [7, 11) is 0. The van der Waals surface area contributed by atoms with Gasteiger partial charge < -0.3 is 5.11 Å². The highest BCUT2D eigenvalue weighted by Crippen LogP contribution is 2.19. The van der Waals surface area contributed by atoms with Gasteiger partial charge in [-0.1, -0.05) is 6.07 Å². The van der Waals surface area contributed by atoms with Gasteiger partial charge in [-0.05, 0) is 18.6 Å². The molecule has 1 aromatic rings. The third kappa shape index (κ3) is 4.29. The molecule has 1 heterocycles. The first kappa shape index (κ1) is 12.0. The second kappa shape index (κ2) is 6.40. The van der Waals surface area contributed by atoms with E-state index in [0.29, 0.717) is 5.75 Å². The Balaban J connectivity index is 2.43. The van der Waals surface area contributed by atoms with Crippen molar-refractivity contribution in [2.45, 2.75) is 17.4 Å². The maximum Gasteiger partial charge on any atom is 0.316 e. The van der Waals surface area contributed by atoms with E-state index in [1.807, 2.05) is 12.1 Å². The molecular weight excluding hydrogens is 217 g/mol. The number of pyridine rings is 1. The van der Waals surface area contributed by atoms with E-state index < -0.39 is 17.9 Å². The molecular formula is C10H12FNO2S. The summed E-state index contributed by atoms with van der Waals surface area (Å²) in [5, 5.41) is 8.09. The lowest BCUT2D eigenvalue weighted by molar-refractivity contribution is -0.136. The average Bonchev–Trinajstić information content (AvgIpc) is 2.25. The van der Waals surface area contributed by atoms with Gasteiger partial charge in [-0.2, -0.15) is 0 Å². The van der Waals surface area contributed by atoms with Gasteiger partial charge in [0.25, 0.3) is 0 Å². The van der Waals surface area contributed by atoms with Crippen molar-refractivity contribution in [2.75, 3.05) is 6.67 Å². The zero-order valence-electron chi connectivity index (χ0n) is 8.10. The third-order valence-corrected chi connectivity index (χ3v) is 3.11. The van der Waals surface area contributed by atoms with Crippen molar-refractivity contribution in [3.63, 3.8) is 0 Å². The Bertz CT molecular complexity index is 308. The number of rotatable bonds is 6. The van der Waals surface area contributed by atoms with Crippen LogP contribution in [0.25, 0.3) is 0 Å². The van der Waals surface area contributed by atoms with Crippen LogP contribution in [0, 0.1) is 0 Å². The fraction of sp³-hybridized carbons (Fsp3) is 0.400. The molecule has 1 aromatic heterocycles. The summed E-state index contributed by atoms with van der Waals surface area (Å²) < 4.78 is 12.0. The molecule has 0 saturated carbocycles. The lowest BCUT2D eigenvalue weighted by Crippen LogP contribution is -2.17. The lowest BCUT2D eigenvalue weighted by atomic mass is 10.3. The molecule has 5 heteroatoms. The molecule has 1 N–H and O–H groups in total. The van der Waals surface area contributed by atoms with Crippen LogP contribution < -0.4 is 0 Å². The second-order valence-electron chi connectivity index (χ2n) is 2.94. The van der Waals surface area contributed by atoms with Crippen LogP contribution in [0.1, 0.15) is 12.1 Å². The van der Waals surface area contributed by atoms with Crippen molar-refractivity contribution in [2.24, 2.45) is 0 Å². The summed E-state index contributed by atoms with van der Waals surface area (Å²) in [6.07, 6.45) is 1.70. The molecule has 0 aromatic carbocycles. The number of aromatic nitrogens is 1. The Morgan fingerprint density at radius 1 is 1.60 bits per heavy atom. The van der Waals surface area contributed by atoms with Crippen molar-refractivity contribution < 1.29 is 14.3 Å². The predicted molar refractivity (Wildman–Crippen MR) is 57.5 cm³/mol. The summed E-state index contributed by atoms with van der Waals surface area (Å²) in [6, 6.07) is 5.46. The highest BCUT2D eigenvalue weighted by molar-refractivity contribution is 7.99. The number of alkyl halides is 1. The van der Waals surface area contributed by atoms with E-state index >= 15 is 0 Å². The number of hydrogen-bond donors (Lipinski definition) is 1. The number of carboxylic acids is 1. The molecule has 0 aliphatic rings. The van der Waals surface area contributed by atoms with E-state index in [1.165, 1.54) is 11.8 Å². The van der Waals surface area contributed by atoms with Crippen molar-refractivity contribution in [3.05, 3.63) is 30.1 Å². The van der Waals surface area contributed by atoms with Gasteiger partial charge in [-0.15, -0.1) is 11.8 Å². The minimum Gasteiger partial charge on any atom is -0.480 e. The monoisotopic (exact) mass is 229 g/mol. The third-order valence-electron chi connectivity index (χ3n) is 1.81. The van der Waals surface area contributed by atoms with Crippen LogP contribution in [0.5, 0.6) is 0 Å². The zero-order valence-corrected chi connectivity index (χ0v) is 8.91. The van der Waals surface area contributed by atoms with E-state index in [9.17, 15) is 9.18 Å². The van der Waals surface area contributed by atoms with Crippen molar-refractivity contribution >= 4 is 17.7 Å². The summed E-state index contributed by atoms with van der Waals surface area (Å²) in [5.74, 6) is -0.466. The van der Waals surface area contributed by atoms with Crippen LogP contribution in [-0.4, -0.2) is 28.0 Å². The van der Waals surface area contributed by atoms with Crippen LogP contribution in [0.3, 0.4) is 0 Å². The molecule has 1 unspecified atom stereocenters. The minimum absolute atomic E-state index is 0.0484. The average molecular weight is 229 g/mol. The summed E-state index contributed by atoms with van der Waals surface area (Å²) in [6.45, 7) is -0.605. The summed E-state index contributed by atoms with van der Waals surface area (Å²) in [5.41, 5.74) is 0.813. The number of aliphatic carboxylic acids is 1. The van der Waals surface area contributed by atoms with E-state index in [2.05, 4.69) is 4.98 Å². The quantitative estimate of drug-likeness (QED) is 0.811. The molecule has 0 spiro atoms. The van der Waals surface area contributed by atoms with Gasteiger partial charge in [0.1, 0.15) is 5.25 Å². The Morgan fingerprint density at radius 3 is 2.93 bits per heavy atom. The molecule has 0 aliphatic heterocycles. The Hall–Kier alpha value is -1.10. The van der Waals surface area contributed by atoms with Gasteiger partial charge in [-0.3, -0.25) is 14.2 Å². The van der Waals surface area contributed by atoms with Crippen molar-refractivity contribution in [3.8, 4) is 0 Å². The first-order chi connectivity index (χ1) is 7.24. The molecule has 82 valence electrons. The minimum atomic E-state index is -0.964. The Morgan fingerprint density at radius 2 is 2.40 bits per heavy atom. The van der Waals surface area contributed by atoms with Gasteiger partial charge in [-0.25, -0.2) is 0 Å². The molecule has 1 atom stereocenters. The number of hydrogen-bond acceptors (Lipinski definition) is 3. The van der Waals surface area contributed by atoms with Crippen LogP contribution in [0.15, 0.2) is 24.4 Å². The SMILES string of the molecule is O=C(O)C(CCF)SCc1ccccn1. The van der Waals surface area contributed by atoms with Crippen molar-refractivity contribution in [1.82, 2.24) is 4.98 Å². The number of nitrogens with zero attached hydrogens (tertiary/aromatic N) is 1. The van der Waals surface area contributed by atoms with E-state index in [1.54, 1.807) is 12.3 Å². The van der Waals surface area contributed by atoms with Crippen LogP contribution in [0.2, 0.25) is 0 Å². The lowest BCUT2D eigenvalue weighted by Gasteiger charge is -2.08. The Kier molecular flexibility index (Phi) is 5.10. The Labute approximate surface area is 91.7 Å². The van der Waals surface area contributed by atoms with Gasteiger partial charge in [0.2, 0.25) is 0 Å². The summed E-state index contributed by atoms with van der Waals surface area (Å²) in [4.78, 5) is 14.8. The molecule has 3 nitrogen and oxygen atoms in total. The number of carboxylic acid groups (broad SMARTS) is 1. The normalized spacial score (nSPS) is 12.3. The smallest absolute Gasteiger partial charge is 0.316 e. The fourth-order valence-corrected chi connectivity index (χ4v) is 1.99. The number of carbonyl (C=O) groups is 1. The highest BCUT2D eigenvalue weighted by atomic mass is 32.2. The van der Waals surface area contributed by atoms with Crippen LogP contribution in [-0.2, 0) is 10.5 Å². The van der Waals surface area contributed by atoms with Gasteiger partial charge in [0, 0.05) is 11.9 Å². The fourth-order valence-electron chi connectivity index (χ4n) is 1.05. The van der Waals surface area contributed by atoms with Crippen LogP contribution >= 0.6 is 11.8 Å². The first-order valence-corrected chi connectivity index (χ1v) is 5.59. The molecule has 0 bridgehead atoms. The van der Waals surface area contributed by atoms with E-state index in [-0.39, 0.29) is 6.42 Å². The topological polar surface area (TPSA) is 50.2 Å². The maximum atomic E-state index is 12.0. The zero-order chi connectivity index (χ0) is 11.1. The first-order valence-electron chi connectivity index (χ1n) is 4.54. The maximum absolute atomic E-state index is 12.0. The predicted octanol–water partition coefficient (Wildman–Crippen LogP) is 2.13. The van der Waals surface area contributed by atoms with Crippen LogP contribution in [0.4, 0.5) is 4.39 Å². The number of thioether (sulfide) groups is 1. The largest absolute Gasteiger partial charge is 0.480 e. The highest BCUT2D eigenvalue weighted by Gasteiger charge is 2.17. The van der Waals surface area contributed by atoms with Crippen molar-refractivity contribution in [1.29, 1.82) is 0 Å². The van der Waals surface area contributed by atoms with E-state index in [0.717, 1.165) is 5.69 Å². The van der Waals surface area contributed by atoms with Gasteiger partial charge in [0.05, 0.1) is 12.4 Å². The molecule has 15 heavy (non-hydrogen) atoms.